The first kappa shape index (κ1) is 13.5. The van der Waals surface area contributed by atoms with Crippen LogP contribution in [0.3, 0.4) is 0 Å². The summed E-state index contributed by atoms with van der Waals surface area (Å²) in [6.07, 6.45) is 6.35. The highest BCUT2D eigenvalue weighted by Crippen LogP contribution is 2.25. The van der Waals surface area contributed by atoms with Crippen molar-refractivity contribution in [2.75, 3.05) is 5.43 Å². The maximum Gasteiger partial charge on any atom is 0.269 e. The third-order valence-corrected chi connectivity index (χ3v) is 3.64. The summed E-state index contributed by atoms with van der Waals surface area (Å²) in [6, 6.07) is 6.31. The lowest BCUT2D eigenvalue weighted by Crippen LogP contribution is -2.16. The van der Waals surface area contributed by atoms with Gasteiger partial charge in [-0.1, -0.05) is 19.3 Å². The van der Waals surface area contributed by atoms with Gasteiger partial charge in [0.05, 0.1) is 10.6 Å². The summed E-state index contributed by atoms with van der Waals surface area (Å²) in [5.74, 6) is 0.583. The molecular formula is C14H19N3O2. The van der Waals surface area contributed by atoms with Gasteiger partial charge in [-0.3, -0.25) is 15.5 Å². The Balaban J connectivity index is 1.94. The predicted molar refractivity (Wildman–Crippen MR) is 76.4 cm³/mol. The SMILES string of the molecule is C/C(=N\Nc1ccc([N+](=O)[O-])cc1)C1CCCCC1. The van der Waals surface area contributed by atoms with Crippen LogP contribution in [-0.2, 0) is 0 Å². The molecule has 0 aromatic heterocycles. The largest absolute Gasteiger partial charge is 0.279 e. The summed E-state index contributed by atoms with van der Waals surface area (Å²) < 4.78 is 0. The molecule has 1 N–H and O–H groups in total. The molecule has 0 atom stereocenters. The topological polar surface area (TPSA) is 67.5 Å². The van der Waals surface area contributed by atoms with Gasteiger partial charge in [-0.25, -0.2) is 0 Å². The van der Waals surface area contributed by atoms with Crippen molar-refractivity contribution in [3.05, 3.63) is 34.4 Å². The summed E-state index contributed by atoms with van der Waals surface area (Å²) in [6.45, 7) is 2.05. The zero-order chi connectivity index (χ0) is 13.7. The first-order valence-corrected chi connectivity index (χ1v) is 6.71. The van der Waals surface area contributed by atoms with Crippen LogP contribution >= 0.6 is 0 Å². The maximum atomic E-state index is 10.5. The number of nitrogens with one attached hydrogen (secondary N) is 1. The van der Waals surface area contributed by atoms with E-state index in [1.54, 1.807) is 12.1 Å². The molecule has 0 spiro atoms. The number of benzene rings is 1. The third-order valence-electron chi connectivity index (χ3n) is 3.64. The van der Waals surface area contributed by atoms with E-state index in [2.05, 4.69) is 10.5 Å². The first-order chi connectivity index (χ1) is 9.16. The van der Waals surface area contributed by atoms with Crippen LogP contribution < -0.4 is 5.43 Å². The van der Waals surface area contributed by atoms with E-state index in [4.69, 9.17) is 0 Å². The monoisotopic (exact) mass is 261 g/mol. The van der Waals surface area contributed by atoms with E-state index in [1.165, 1.54) is 44.2 Å². The van der Waals surface area contributed by atoms with E-state index in [1.807, 2.05) is 6.92 Å². The highest BCUT2D eigenvalue weighted by molar-refractivity contribution is 5.85. The molecule has 19 heavy (non-hydrogen) atoms. The smallest absolute Gasteiger partial charge is 0.269 e. The Morgan fingerprint density at radius 2 is 1.89 bits per heavy atom. The minimum atomic E-state index is -0.402. The Labute approximate surface area is 112 Å². The van der Waals surface area contributed by atoms with E-state index < -0.39 is 4.92 Å². The minimum absolute atomic E-state index is 0.0959. The molecule has 2 rings (SSSR count). The predicted octanol–water partition coefficient (Wildman–Crippen LogP) is 3.96. The summed E-state index contributed by atoms with van der Waals surface area (Å²) in [4.78, 5) is 10.1. The zero-order valence-electron chi connectivity index (χ0n) is 11.1. The van der Waals surface area contributed by atoms with Crippen molar-refractivity contribution in [2.45, 2.75) is 39.0 Å². The van der Waals surface area contributed by atoms with Crippen LogP contribution in [0, 0.1) is 16.0 Å². The van der Waals surface area contributed by atoms with Gasteiger partial charge in [0.25, 0.3) is 5.69 Å². The van der Waals surface area contributed by atoms with Gasteiger partial charge in [0.1, 0.15) is 0 Å². The Bertz CT molecular complexity index is 462. The second-order valence-corrected chi connectivity index (χ2v) is 5.00. The molecule has 1 aliphatic rings. The quantitative estimate of drug-likeness (QED) is 0.506. The maximum absolute atomic E-state index is 10.5. The average molecular weight is 261 g/mol. The van der Waals surface area contributed by atoms with Gasteiger partial charge in [0.15, 0.2) is 0 Å². The number of non-ortho nitro benzene ring substituents is 1. The van der Waals surface area contributed by atoms with Crippen LogP contribution in [0.2, 0.25) is 0 Å². The van der Waals surface area contributed by atoms with Crippen LogP contribution in [0.15, 0.2) is 29.4 Å². The van der Waals surface area contributed by atoms with Crippen molar-refractivity contribution < 1.29 is 4.92 Å². The minimum Gasteiger partial charge on any atom is -0.279 e. The lowest BCUT2D eigenvalue weighted by molar-refractivity contribution is -0.384. The van der Waals surface area contributed by atoms with Crippen LogP contribution in [0.25, 0.3) is 0 Å². The van der Waals surface area contributed by atoms with Gasteiger partial charge < -0.3 is 0 Å². The van der Waals surface area contributed by atoms with Crippen molar-refractivity contribution in [3.8, 4) is 0 Å². The van der Waals surface area contributed by atoms with E-state index in [9.17, 15) is 10.1 Å². The van der Waals surface area contributed by atoms with Crippen molar-refractivity contribution in [1.82, 2.24) is 0 Å². The molecule has 0 bridgehead atoms. The van der Waals surface area contributed by atoms with Crippen molar-refractivity contribution >= 4 is 17.1 Å². The van der Waals surface area contributed by atoms with Crippen LogP contribution in [-0.4, -0.2) is 10.6 Å². The third kappa shape index (κ3) is 3.77. The molecule has 0 aliphatic heterocycles. The van der Waals surface area contributed by atoms with Gasteiger partial charge in [-0.15, -0.1) is 0 Å². The van der Waals surface area contributed by atoms with Gasteiger partial charge >= 0.3 is 0 Å². The lowest BCUT2D eigenvalue weighted by Gasteiger charge is -2.21. The Kier molecular flexibility index (Phi) is 4.49. The number of hydrogen-bond acceptors (Lipinski definition) is 4. The molecule has 0 saturated heterocycles. The fourth-order valence-electron chi connectivity index (χ4n) is 2.42. The van der Waals surface area contributed by atoms with E-state index in [0.29, 0.717) is 5.92 Å². The zero-order valence-corrected chi connectivity index (χ0v) is 11.1. The second kappa shape index (κ2) is 6.31. The number of nitro groups is 1. The number of rotatable bonds is 4. The Hall–Kier alpha value is -1.91. The molecule has 1 aromatic rings. The number of anilines is 1. The molecule has 5 nitrogen and oxygen atoms in total. The van der Waals surface area contributed by atoms with Gasteiger partial charge in [0.2, 0.25) is 0 Å². The lowest BCUT2D eigenvalue weighted by atomic mass is 9.86. The van der Waals surface area contributed by atoms with Gasteiger partial charge in [-0.2, -0.15) is 5.10 Å². The molecule has 1 aromatic carbocycles. The Morgan fingerprint density at radius 3 is 2.47 bits per heavy atom. The van der Waals surface area contributed by atoms with Gasteiger partial charge in [0, 0.05) is 17.8 Å². The second-order valence-electron chi connectivity index (χ2n) is 5.00. The molecule has 102 valence electrons. The molecule has 0 heterocycles. The number of nitro benzene ring substituents is 1. The first-order valence-electron chi connectivity index (χ1n) is 6.71. The van der Waals surface area contributed by atoms with E-state index in [-0.39, 0.29) is 5.69 Å². The number of hydrazone groups is 1. The average Bonchev–Trinajstić information content (AvgIpc) is 2.46. The van der Waals surface area contributed by atoms with Crippen LogP contribution in [0.1, 0.15) is 39.0 Å². The molecule has 0 amide bonds. The highest BCUT2D eigenvalue weighted by atomic mass is 16.6. The summed E-state index contributed by atoms with van der Waals surface area (Å²) in [5, 5.41) is 14.9. The van der Waals surface area contributed by atoms with Crippen molar-refractivity contribution in [3.63, 3.8) is 0 Å². The number of hydrogen-bond donors (Lipinski definition) is 1. The van der Waals surface area contributed by atoms with Crippen molar-refractivity contribution in [2.24, 2.45) is 11.0 Å². The molecule has 5 heteroatoms. The Morgan fingerprint density at radius 1 is 1.26 bits per heavy atom. The molecule has 0 unspecified atom stereocenters. The van der Waals surface area contributed by atoms with Crippen LogP contribution in [0.4, 0.5) is 11.4 Å². The normalized spacial score (nSPS) is 17.2. The molecular weight excluding hydrogens is 242 g/mol. The van der Waals surface area contributed by atoms with Crippen molar-refractivity contribution in [1.29, 1.82) is 0 Å². The fraction of sp³-hybridized carbons (Fsp3) is 0.500. The highest BCUT2D eigenvalue weighted by Gasteiger charge is 2.16. The van der Waals surface area contributed by atoms with E-state index in [0.717, 1.165) is 11.4 Å². The standard InChI is InChI=1S/C14H19N3O2/c1-11(12-5-3-2-4-6-12)15-16-13-7-9-14(10-8-13)17(18)19/h7-10,12,16H,2-6H2,1H3/b15-11+. The van der Waals surface area contributed by atoms with Gasteiger partial charge in [-0.05, 0) is 37.8 Å². The van der Waals surface area contributed by atoms with Crippen LogP contribution in [0.5, 0.6) is 0 Å². The summed E-state index contributed by atoms with van der Waals surface area (Å²) in [7, 11) is 0. The van der Waals surface area contributed by atoms with E-state index >= 15 is 0 Å². The fourth-order valence-corrected chi connectivity index (χ4v) is 2.42. The molecule has 1 aliphatic carbocycles. The summed E-state index contributed by atoms with van der Waals surface area (Å²) in [5.41, 5.74) is 4.97. The number of nitrogens with zero attached hydrogens (tertiary/aromatic N) is 2. The molecule has 1 fully saturated rings. The molecule has 1 saturated carbocycles. The molecule has 0 radical (unpaired) electrons. The summed E-state index contributed by atoms with van der Waals surface area (Å²) >= 11 is 0.